The molecule has 0 aromatic heterocycles. The summed E-state index contributed by atoms with van der Waals surface area (Å²) in [5.41, 5.74) is -1.33. The van der Waals surface area contributed by atoms with Gasteiger partial charge in [0.1, 0.15) is 18.1 Å². The van der Waals surface area contributed by atoms with E-state index in [0.717, 1.165) is 12.0 Å². The Bertz CT molecular complexity index is 955. The molecule has 1 aromatic rings. The van der Waals surface area contributed by atoms with Crippen molar-refractivity contribution in [3.8, 4) is 5.75 Å². The van der Waals surface area contributed by atoms with Gasteiger partial charge in [-0.2, -0.15) is 0 Å². The normalized spacial score (nSPS) is 26.2. The third-order valence-electron chi connectivity index (χ3n) is 5.05. The average molecular weight is 404 g/mol. The third-order valence-corrected chi connectivity index (χ3v) is 5.05. The minimum Gasteiger partial charge on any atom is -0.508 e. The standard InChI is InChI=1S/C18H16N2O9/c1-27-18(16(26)20-12-9(6-28-15(12)25)7-29-17(18)20)19-13(22)11(14(23)24)8-2-4-10(21)5-3-8/h2-5,11,17,21H,6-7H2,1H3,(H,19,22)(H,23,24)/t11?,17-,18+/m1/s1. The third kappa shape index (κ3) is 2.66. The molecule has 1 saturated heterocycles. The van der Waals surface area contributed by atoms with E-state index in [9.17, 15) is 29.4 Å². The fourth-order valence-corrected chi connectivity index (χ4v) is 3.59. The second kappa shape index (κ2) is 6.57. The smallest absolute Gasteiger partial charge is 0.355 e. The zero-order valence-electron chi connectivity index (χ0n) is 15.1. The lowest BCUT2D eigenvalue weighted by molar-refractivity contribution is -0.257. The van der Waals surface area contributed by atoms with Crippen LogP contribution in [-0.4, -0.2) is 71.1 Å². The molecule has 1 fully saturated rings. The maximum absolute atomic E-state index is 12.8. The summed E-state index contributed by atoms with van der Waals surface area (Å²) in [6.07, 6.45) is -1.15. The van der Waals surface area contributed by atoms with Gasteiger partial charge in [0.2, 0.25) is 5.91 Å². The minimum atomic E-state index is -1.98. The largest absolute Gasteiger partial charge is 0.508 e. The van der Waals surface area contributed by atoms with Crippen molar-refractivity contribution in [1.29, 1.82) is 0 Å². The van der Waals surface area contributed by atoms with E-state index in [2.05, 4.69) is 5.32 Å². The Morgan fingerprint density at radius 3 is 2.59 bits per heavy atom. The van der Waals surface area contributed by atoms with E-state index >= 15 is 0 Å². The van der Waals surface area contributed by atoms with E-state index < -0.39 is 41.6 Å². The van der Waals surface area contributed by atoms with Gasteiger partial charge in [0.15, 0.2) is 12.1 Å². The molecule has 0 radical (unpaired) electrons. The Kier molecular flexibility index (Phi) is 4.28. The Morgan fingerprint density at radius 1 is 1.28 bits per heavy atom. The van der Waals surface area contributed by atoms with Crippen LogP contribution in [0.3, 0.4) is 0 Å². The molecule has 4 rings (SSSR count). The van der Waals surface area contributed by atoms with Gasteiger partial charge in [-0.25, -0.2) is 4.79 Å². The Hall–Kier alpha value is -3.44. The van der Waals surface area contributed by atoms with Crippen LogP contribution in [0.2, 0.25) is 0 Å². The number of nitrogens with one attached hydrogen (secondary N) is 1. The fraction of sp³-hybridized carbons (Fsp3) is 0.333. The molecule has 3 atom stereocenters. The summed E-state index contributed by atoms with van der Waals surface area (Å²) in [4.78, 5) is 50.3. The van der Waals surface area contributed by atoms with Gasteiger partial charge in [0.25, 0.3) is 11.6 Å². The number of fused-ring (bicyclic) bond motifs is 2. The molecule has 29 heavy (non-hydrogen) atoms. The number of hydrogen-bond acceptors (Lipinski definition) is 8. The first-order valence-electron chi connectivity index (χ1n) is 8.53. The first-order chi connectivity index (χ1) is 13.8. The lowest BCUT2D eigenvalue weighted by Crippen LogP contribution is -2.82. The molecule has 1 aromatic carbocycles. The molecule has 3 aliphatic rings. The Labute approximate surface area is 163 Å². The van der Waals surface area contributed by atoms with Gasteiger partial charge >= 0.3 is 11.9 Å². The van der Waals surface area contributed by atoms with E-state index in [1.54, 1.807) is 0 Å². The van der Waals surface area contributed by atoms with Gasteiger partial charge in [0.05, 0.1) is 6.61 Å². The van der Waals surface area contributed by atoms with E-state index in [0.29, 0.717) is 5.57 Å². The summed E-state index contributed by atoms with van der Waals surface area (Å²) in [5, 5.41) is 21.2. The van der Waals surface area contributed by atoms with E-state index in [-0.39, 0.29) is 30.2 Å². The molecule has 0 aliphatic carbocycles. The van der Waals surface area contributed by atoms with Crippen molar-refractivity contribution in [2.24, 2.45) is 0 Å². The lowest BCUT2D eigenvalue weighted by Gasteiger charge is -2.54. The number of aliphatic carboxylic acids is 1. The van der Waals surface area contributed by atoms with Gasteiger partial charge in [-0.05, 0) is 17.7 Å². The lowest BCUT2D eigenvalue weighted by atomic mass is 9.92. The number of phenolic OH excluding ortho intramolecular Hbond substituents is 1. The maximum atomic E-state index is 12.8. The van der Waals surface area contributed by atoms with Crippen LogP contribution in [0.5, 0.6) is 5.75 Å². The molecule has 11 heteroatoms. The molecule has 3 N–H and O–H groups in total. The predicted molar refractivity (Wildman–Crippen MR) is 90.9 cm³/mol. The van der Waals surface area contributed by atoms with Crippen LogP contribution in [-0.2, 0) is 33.4 Å². The Morgan fingerprint density at radius 2 is 1.97 bits per heavy atom. The second-order valence-corrected chi connectivity index (χ2v) is 6.66. The summed E-state index contributed by atoms with van der Waals surface area (Å²) >= 11 is 0. The quantitative estimate of drug-likeness (QED) is 0.244. The number of ether oxygens (including phenoxy) is 3. The van der Waals surface area contributed by atoms with Crippen LogP contribution in [0.1, 0.15) is 11.5 Å². The monoisotopic (exact) mass is 404 g/mol. The fourth-order valence-electron chi connectivity index (χ4n) is 3.59. The van der Waals surface area contributed by atoms with Crippen LogP contribution >= 0.6 is 0 Å². The molecule has 0 bridgehead atoms. The summed E-state index contributed by atoms with van der Waals surface area (Å²) < 4.78 is 15.7. The van der Waals surface area contributed by atoms with Gasteiger partial charge in [-0.15, -0.1) is 0 Å². The highest BCUT2D eigenvalue weighted by molar-refractivity contribution is 6.08. The first kappa shape index (κ1) is 18.9. The highest BCUT2D eigenvalue weighted by Gasteiger charge is 2.68. The molecule has 152 valence electrons. The highest BCUT2D eigenvalue weighted by atomic mass is 16.6. The predicted octanol–water partition coefficient (Wildman–Crippen LogP) is -0.971. The summed E-state index contributed by atoms with van der Waals surface area (Å²) in [5.74, 6) is -5.70. The molecular formula is C18H16N2O9. The van der Waals surface area contributed by atoms with Crippen molar-refractivity contribution in [1.82, 2.24) is 10.2 Å². The van der Waals surface area contributed by atoms with Gasteiger partial charge < -0.3 is 29.7 Å². The molecule has 1 unspecified atom stereocenters. The molecule has 3 aliphatic heterocycles. The number of esters is 1. The molecule has 3 heterocycles. The summed E-state index contributed by atoms with van der Waals surface area (Å²) in [6.45, 7) is 0.00969. The summed E-state index contributed by atoms with van der Waals surface area (Å²) in [6, 6.07) is 5.05. The second-order valence-electron chi connectivity index (χ2n) is 6.66. The number of β-lactam (4-membered cyclic amide) rings is 1. The number of hydrogen-bond donors (Lipinski definition) is 3. The van der Waals surface area contributed by atoms with Gasteiger partial charge in [0, 0.05) is 12.7 Å². The number of methoxy groups -OCH3 is 1. The number of phenols is 1. The van der Waals surface area contributed by atoms with Crippen LogP contribution < -0.4 is 5.32 Å². The van der Waals surface area contributed by atoms with Crippen molar-refractivity contribution in [2.75, 3.05) is 20.3 Å². The number of carbonyl (C=O) groups is 4. The Balaban J connectivity index is 1.61. The number of benzene rings is 1. The van der Waals surface area contributed by atoms with Crippen molar-refractivity contribution >= 4 is 23.8 Å². The van der Waals surface area contributed by atoms with Crippen molar-refractivity contribution in [2.45, 2.75) is 17.9 Å². The number of carboxylic acid groups (broad SMARTS) is 1. The zero-order valence-corrected chi connectivity index (χ0v) is 15.1. The van der Waals surface area contributed by atoms with Crippen LogP contribution in [0, 0.1) is 0 Å². The van der Waals surface area contributed by atoms with Crippen LogP contribution in [0.4, 0.5) is 0 Å². The van der Waals surface area contributed by atoms with E-state index in [1.807, 2.05) is 0 Å². The van der Waals surface area contributed by atoms with Crippen molar-refractivity contribution < 1.29 is 43.6 Å². The van der Waals surface area contributed by atoms with Crippen molar-refractivity contribution in [3.05, 3.63) is 41.1 Å². The van der Waals surface area contributed by atoms with E-state index in [1.165, 1.54) is 24.3 Å². The first-order valence-corrected chi connectivity index (χ1v) is 8.53. The zero-order chi connectivity index (χ0) is 20.9. The number of carbonyl (C=O) groups excluding carboxylic acids is 3. The SMILES string of the molecule is CO[C@@]1(NC(=O)C(C(=O)O)c2ccc(O)cc2)C(=O)N2C3=C(COC3=O)CO[C@@H]21. The molecule has 2 amide bonds. The number of nitrogens with zero attached hydrogens (tertiary/aromatic N) is 1. The number of cyclic esters (lactones) is 1. The van der Waals surface area contributed by atoms with Crippen LogP contribution in [0.15, 0.2) is 35.5 Å². The molecule has 0 spiro atoms. The molecular weight excluding hydrogens is 388 g/mol. The number of aromatic hydroxyl groups is 1. The van der Waals surface area contributed by atoms with Gasteiger partial charge in [-0.1, -0.05) is 12.1 Å². The van der Waals surface area contributed by atoms with Crippen LogP contribution in [0.25, 0.3) is 0 Å². The van der Waals surface area contributed by atoms with Crippen molar-refractivity contribution in [3.63, 3.8) is 0 Å². The summed E-state index contributed by atoms with van der Waals surface area (Å²) in [7, 11) is 1.16. The topological polar surface area (TPSA) is 152 Å². The molecule has 11 nitrogen and oxygen atoms in total. The number of rotatable bonds is 5. The average Bonchev–Trinajstić information content (AvgIpc) is 3.07. The maximum Gasteiger partial charge on any atom is 0.355 e. The highest BCUT2D eigenvalue weighted by Crippen LogP contribution is 2.42. The molecule has 0 saturated carbocycles. The number of amides is 2. The minimum absolute atomic E-state index is 0.00315. The van der Waals surface area contributed by atoms with E-state index in [4.69, 9.17) is 14.2 Å². The van der Waals surface area contributed by atoms with Gasteiger partial charge in [-0.3, -0.25) is 19.3 Å². The number of carboxylic acids is 1.